The van der Waals surface area contributed by atoms with Crippen molar-refractivity contribution < 1.29 is 26.3 Å². The van der Waals surface area contributed by atoms with E-state index in [0.29, 0.717) is 25.4 Å². The summed E-state index contributed by atoms with van der Waals surface area (Å²) in [5, 5.41) is 0. The summed E-state index contributed by atoms with van der Waals surface area (Å²) in [4.78, 5) is 0. The molecule has 0 aromatic heterocycles. The number of alkyl halides is 6. The Morgan fingerprint density at radius 1 is 0.818 bits per heavy atom. The molecule has 2 unspecified atom stereocenters. The van der Waals surface area contributed by atoms with Gasteiger partial charge in [0.15, 0.2) is 6.17 Å². The van der Waals surface area contributed by atoms with Gasteiger partial charge in [0, 0.05) is 6.42 Å². The Balaban J connectivity index is 3.68. The fourth-order valence-corrected chi connectivity index (χ4v) is 3.23. The summed E-state index contributed by atoms with van der Waals surface area (Å²) < 4.78 is 76.3. The zero-order chi connectivity index (χ0) is 17.1. The molecule has 0 aromatic rings. The first-order chi connectivity index (χ1) is 10.2. The van der Waals surface area contributed by atoms with Gasteiger partial charge in [-0.3, -0.25) is 0 Å². The van der Waals surface area contributed by atoms with Gasteiger partial charge in [-0.1, -0.05) is 45.4 Å². The van der Waals surface area contributed by atoms with Gasteiger partial charge in [-0.15, -0.1) is 0 Å². The number of unbranched alkanes of at least 4 members (excludes halogenated alkanes) is 6. The Bertz CT molecular complexity index is 267. The minimum atomic E-state index is -4.17. The molecule has 0 amide bonds. The molecule has 0 nitrogen and oxygen atoms in total. The van der Waals surface area contributed by atoms with Crippen LogP contribution in [0.4, 0.5) is 26.3 Å². The van der Waals surface area contributed by atoms with E-state index >= 15 is 0 Å². The Labute approximate surface area is 131 Å². The highest BCUT2D eigenvalue weighted by Gasteiger charge is 2.38. The van der Waals surface area contributed by atoms with Crippen LogP contribution >= 0.6 is 8.58 Å². The van der Waals surface area contributed by atoms with E-state index in [4.69, 9.17) is 0 Å². The van der Waals surface area contributed by atoms with Crippen molar-refractivity contribution >= 4 is 8.58 Å². The first-order valence-corrected chi connectivity index (χ1v) is 9.23. The van der Waals surface area contributed by atoms with Crippen molar-refractivity contribution in [1.82, 2.24) is 0 Å². The molecule has 0 aliphatic carbocycles. The standard InChI is InChI=1S/C15H27F6P/c1-2-3-4-9-12-22-15(20,21)13(16)10-7-5-6-8-11-14(17,18)19/h13,22H,2-12H2,1H3. The highest BCUT2D eigenvalue weighted by atomic mass is 31.1. The zero-order valence-electron chi connectivity index (χ0n) is 13.1. The molecule has 2 atom stereocenters. The van der Waals surface area contributed by atoms with E-state index in [9.17, 15) is 26.3 Å². The average Bonchev–Trinajstić information content (AvgIpc) is 2.40. The molecule has 0 saturated carbocycles. The largest absolute Gasteiger partial charge is 0.389 e. The smallest absolute Gasteiger partial charge is 0.240 e. The van der Waals surface area contributed by atoms with Crippen molar-refractivity contribution in [1.29, 1.82) is 0 Å². The van der Waals surface area contributed by atoms with Gasteiger partial charge in [-0.05, 0) is 34.0 Å². The number of hydrogen-bond acceptors (Lipinski definition) is 0. The van der Waals surface area contributed by atoms with Gasteiger partial charge in [-0.2, -0.15) is 22.0 Å². The maximum absolute atomic E-state index is 13.5. The molecule has 22 heavy (non-hydrogen) atoms. The molecule has 7 heteroatoms. The molecule has 134 valence electrons. The average molecular weight is 352 g/mol. The lowest BCUT2D eigenvalue weighted by Gasteiger charge is -2.20. The van der Waals surface area contributed by atoms with Crippen LogP contribution in [0.3, 0.4) is 0 Å². The van der Waals surface area contributed by atoms with Crippen molar-refractivity contribution in [2.24, 2.45) is 0 Å². The lowest BCUT2D eigenvalue weighted by atomic mass is 10.1. The molecule has 0 saturated heterocycles. The Hall–Kier alpha value is 0.01000. The van der Waals surface area contributed by atoms with E-state index in [1.165, 1.54) is 0 Å². The van der Waals surface area contributed by atoms with Gasteiger partial charge >= 0.3 is 6.18 Å². The van der Waals surface area contributed by atoms with Crippen LogP contribution in [0, 0.1) is 0 Å². The van der Waals surface area contributed by atoms with Crippen LogP contribution in [0.15, 0.2) is 0 Å². The summed E-state index contributed by atoms with van der Waals surface area (Å²) in [5.74, 6) is 0. The van der Waals surface area contributed by atoms with E-state index in [0.717, 1.165) is 19.3 Å². The Morgan fingerprint density at radius 3 is 2.00 bits per heavy atom. The molecule has 0 bridgehead atoms. The maximum Gasteiger partial charge on any atom is 0.389 e. The summed E-state index contributed by atoms with van der Waals surface area (Å²) in [6, 6.07) is 0. The SMILES string of the molecule is CCCCCCPC(F)(F)C(F)CCCCCCC(F)(F)F. The van der Waals surface area contributed by atoms with Crippen molar-refractivity contribution in [3.05, 3.63) is 0 Å². The lowest BCUT2D eigenvalue weighted by Crippen LogP contribution is -2.25. The van der Waals surface area contributed by atoms with Crippen LogP contribution in [0.1, 0.15) is 71.1 Å². The van der Waals surface area contributed by atoms with Crippen LogP contribution in [-0.4, -0.2) is 24.2 Å². The van der Waals surface area contributed by atoms with Crippen molar-refractivity contribution in [3.63, 3.8) is 0 Å². The van der Waals surface area contributed by atoms with E-state index in [1.54, 1.807) is 0 Å². The molecule has 0 radical (unpaired) electrons. The molecule has 0 fully saturated rings. The van der Waals surface area contributed by atoms with Gasteiger partial charge in [-0.25, -0.2) is 4.39 Å². The molecule has 0 aliphatic rings. The second kappa shape index (κ2) is 11.5. The predicted molar refractivity (Wildman–Crippen MR) is 80.9 cm³/mol. The third-order valence-electron chi connectivity index (χ3n) is 3.45. The Morgan fingerprint density at radius 2 is 1.41 bits per heavy atom. The van der Waals surface area contributed by atoms with Crippen LogP contribution in [-0.2, 0) is 0 Å². The lowest BCUT2D eigenvalue weighted by molar-refractivity contribution is -0.135. The van der Waals surface area contributed by atoms with E-state index in [2.05, 4.69) is 0 Å². The number of halogens is 6. The summed E-state index contributed by atoms with van der Waals surface area (Å²) in [7, 11) is -0.702. The molecular formula is C15H27F6P. The summed E-state index contributed by atoms with van der Waals surface area (Å²) >= 11 is 0. The summed E-state index contributed by atoms with van der Waals surface area (Å²) in [6.45, 7) is 2.03. The molecule has 0 aliphatic heterocycles. The number of hydrogen-bond donors (Lipinski definition) is 0. The maximum atomic E-state index is 13.5. The van der Waals surface area contributed by atoms with Gasteiger partial charge in [0.05, 0.1) is 0 Å². The quantitative estimate of drug-likeness (QED) is 0.189. The van der Waals surface area contributed by atoms with E-state index < -0.39 is 33.0 Å². The van der Waals surface area contributed by atoms with Gasteiger partial charge in [0.2, 0.25) is 0 Å². The first-order valence-electron chi connectivity index (χ1n) is 8.02. The third-order valence-corrected chi connectivity index (χ3v) is 4.84. The normalized spacial score (nSPS) is 14.9. The molecule has 0 heterocycles. The molecule has 0 N–H and O–H groups in total. The van der Waals surface area contributed by atoms with Crippen molar-refractivity contribution in [3.8, 4) is 0 Å². The van der Waals surface area contributed by atoms with Crippen LogP contribution in [0.25, 0.3) is 0 Å². The van der Waals surface area contributed by atoms with Crippen LogP contribution in [0.2, 0.25) is 0 Å². The second-order valence-corrected chi connectivity index (χ2v) is 7.17. The summed E-state index contributed by atoms with van der Waals surface area (Å²) in [5.41, 5.74) is -3.28. The molecular weight excluding hydrogens is 325 g/mol. The zero-order valence-corrected chi connectivity index (χ0v) is 14.1. The van der Waals surface area contributed by atoms with Crippen LogP contribution < -0.4 is 0 Å². The molecule has 0 rings (SSSR count). The second-order valence-electron chi connectivity index (χ2n) is 5.65. The molecule has 0 aromatic carbocycles. The fourth-order valence-electron chi connectivity index (χ4n) is 2.10. The minimum Gasteiger partial charge on any atom is -0.240 e. The minimum absolute atomic E-state index is 0.0178. The van der Waals surface area contributed by atoms with Gasteiger partial charge in [0.25, 0.3) is 5.66 Å². The van der Waals surface area contributed by atoms with Crippen molar-refractivity contribution in [2.45, 2.75) is 89.1 Å². The summed E-state index contributed by atoms with van der Waals surface area (Å²) in [6.07, 6.45) is -2.61. The predicted octanol–water partition coefficient (Wildman–Crippen LogP) is 7.08. The van der Waals surface area contributed by atoms with Crippen molar-refractivity contribution in [2.75, 3.05) is 6.16 Å². The molecule has 0 spiro atoms. The first kappa shape index (κ1) is 22.0. The highest BCUT2D eigenvalue weighted by Crippen LogP contribution is 2.42. The Kier molecular flexibility index (Phi) is 11.5. The van der Waals surface area contributed by atoms with Gasteiger partial charge < -0.3 is 0 Å². The van der Waals surface area contributed by atoms with E-state index in [-0.39, 0.29) is 19.3 Å². The van der Waals surface area contributed by atoms with Gasteiger partial charge in [0.1, 0.15) is 0 Å². The topological polar surface area (TPSA) is 0 Å². The van der Waals surface area contributed by atoms with E-state index in [1.807, 2.05) is 6.92 Å². The monoisotopic (exact) mass is 352 g/mol. The van der Waals surface area contributed by atoms with Crippen LogP contribution in [0.5, 0.6) is 0 Å². The highest BCUT2D eigenvalue weighted by molar-refractivity contribution is 7.39. The number of rotatable bonds is 13. The fraction of sp³-hybridized carbons (Fsp3) is 1.00. The third kappa shape index (κ3) is 12.5.